The standard InChI is InChI=1S/C9H6F3NO/c10-9(11,12)5-3-6-7(13-4-5)1-2-8(6)14/h3-4H,1-2H2. The molecule has 0 saturated carbocycles. The van der Waals surface area contributed by atoms with Crippen LogP contribution in [0, 0.1) is 0 Å². The molecule has 0 saturated heterocycles. The molecule has 0 aromatic carbocycles. The van der Waals surface area contributed by atoms with Gasteiger partial charge in [0, 0.05) is 18.2 Å². The molecule has 0 N–H and O–H groups in total. The maximum absolute atomic E-state index is 12.2. The largest absolute Gasteiger partial charge is 0.417 e. The molecule has 2 rings (SSSR count). The highest BCUT2D eigenvalue weighted by Crippen LogP contribution is 2.31. The zero-order valence-electron chi connectivity index (χ0n) is 7.06. The van der Waals surface area contributed by atoms with Crippen LogP contribution in [0.3, 0.4) is 0 Å². The van der Waals surface area contributed by atoms with Gasteiger partial charge in [-0.3, -0.25) is 9.78 Å². The molecule has 0 unspecified atom stereocenters. The minimum Gasteiger partial charge on any atom is -0.294 e. The van der Waals surface area contributed by atoms with Crippen LogP contribution in [0.15, 0.2) is 12.3 Å². The number of fused-ring (bicyclic) bond motifs is 1. The van der Waals surface area contributed by atoms with Crippen molar-refractivity contribution in [2.24, 2.45) is 0 Å². The normalized spacial score (nSPS) is 15.8. The first-order chi connectivity index (χ1) is 6.48. The zero-order chi connectivity index (χ0) is 10.3. The molecule has 0 bridgehead atoms. The van der Waals surface area contributed by atoms with Gasteiger partial charge in [0.15, 0.2) is 5.78 Å². The van der Waals surface area contributed by atoms with Gasteiger partial charge in [-0.1, -0.05) is 0 Å². The van der Waals surface area contributed by atoms with Gasteiger partial charge in [-0.2, -0.15) is 13.2 Å². The van der Waals surface area contributed by atoms with E-state index in [1.54, 1.807) is 0 Å². The number of aromatic nitrogens is 1. The molecule has 0 radical (unpaired) electrons. The first-order valence-corrected chi connectivity index (χ1v) is 4.08. The minimum absolute atomic E-state index is 0.125. The summed E-state index contributed by atoms with van der Waals surface area (Å²) in [5.41, 5.74) is -0.255. The molecule has 14 heavy (non-hydrogen) atoms. The van der Waals surface area contributed by atoms with Gasteiger partial charge >= 0.3 is 6.18 Å². The Morgan fingerprint density at radius 2 is 2.00 bits per heavy atom. The smallest absolute Gasteiger partial charge is 0.294 e. The van der Waals surface area contributed by atoms with Gasteiger partial charge in [0.25, 0.3) is 0 Å². The fraction of sp³-hybridized carbons (Fsp3) is 0.333. The number of aryl methyl sites for hydroxylation is 1. The third kappa shape index (κ3) is 1.38. The van der Waals surface area contributed by atoms with Crippen LogP contribution < -0.4 is 0 Å². The molecule has 2 nitrogen and oxygen atoms in total. The van der Waals surface area contributed by atoms with E-state index in [1.165, 1.54) is 0 Å². The van der Waals surface area contributed by atoms with E-state index in [0.29, 0.717) is 12.1 Å². The Balaban J connectivity index is 2.50. The SMILES string of the molecule is O=C1CCc2ncc(C(F)(F)F)cc21. The number of nitrogens with zero attached hydrogens (tertiary/aromatic N) is 1. The number of halogens is 3. The fourth-order valence-corrected chi connectivity index (χ4v) is 1.46. The molecule has 0 amide bonds. The first kappa shape index (κ1) is 9.18. The molecule has 1 aliphatic carbocycles. The van der Waals surface area contributed by atoms with E-state index >= 15 is 0 Å². The quantitative estimate of drug-likeness (QED) is 0.644. The molecule has 1 aromatic rings. The Kier molecular flexibility index (Phi) is 1.83. The summed E-state index contributed by atoms with van der Waals surface area (Å²) in [6.45, 7) is 0. The number of hydrogen-bond acceptors (Lipinski definition) is 2. The Morgan fingerprint density at radius 1 is 1.29 bits per heavy atom. The summed E-state index contributed by atoms with van der Waals surface area (Å²) in [6.07, 6.45) is -2.93. The van der Waals surface area contributed by atoms with Crippen LogP contribution in [0.1, 0.15) is 28.0 Å². The zero-order valence-corrected chi connectivity index (χ0v) is 7.06. The van der Waals surface area contributed by atoms with E-state index in [2.05, 4.69) is 4.98 Å². The summed E-state index contributed by atoms with van der Waals surface area (Å²) >= 11 is 0. The van der Waals surface area contributed by atoms with E-state index < -0.39 is 11.7 Å². The Morgan fingerprint density at radius 3 is 2.64 bits per heavy atom. The lowest BCUT2D eigenvalue weighted by Gasteiger charge is -2.06. The Bertz CT molecular complexity index is 398. The highest BCUT2D eigenvalue weighted by atomic mass is 19.4. The predicted octanol–water partition coefficient (Wildman–Crippen LogP) is 2.23. The van der Waals surface area contributed by atoms with E-state index in [-0.39, 0.29) is 17.8 Å². The van der Waals surface area contributed by atoms with Crippen molar-refractivity contribution in [1.29, 1.82) is 0 Å². The van der Waals surface area contributed by atoms with Gasteiger partial charge in [0.1, 0.15) is 0 Å². The average Bonchev–Trinajstić information content (AvgIpc) is 2.46. The van der Waals surface area contributed by atoms with Gasteiger partial charge in [-0.15, -0.1) is 0 Å². The lowest BCUT2D eigenvalue weighted by atomic mass is 10.1. The van der Waals surface area contributed by atoms with Gasteiger partial charge in [-0.25, -0.2) is 0 Å². The van der Waals surface area contributed by atoms with E-state index in [1.807, 2.05) is 0 Å². The lowest BCUT2D eigenvalue weighted by molar-refractivity contribution is -0.137. The number of Topliss-reactive ketones (excluding diaryl/α,β-unsaturated/α-hetero) is 1. The second kappa shape index (κ2) is 2.80. The van der Waals surface area contributed by atoms with Crippen molar-refractivity contribution in [2.45, 2.75) is 19.0 Å². The van der Waals surface area contributed by atoms with Crippen molar-refractivity contribution in [1.82, 2.24) is 4.98 Å². The molecule has 0 spiro atoms. The van der Waals surface area contributed by atoms with Crippen LogP contribution in [0.2, 0.25) is 0 Å². The monoisotopic (exact) mass is 201 g/mol. The van der Waals surface area contributed by atoms with Crippen LogP contribution >= 0.6 is 0 Å². The molecule has 1 aliphatic rings. The molecular weight excluding hydrogens is 195 g/mol. The molecule has 1 aromatic heterocycles. The summed E-state index contributed by atoms with van der Waals surface area (Å²) in [4.78, 5) is 14.8. The third-order valence-corrected chi connectivity index (χ3v) is 2.19. The van der Waals surface area contributed by atoms with Gasteiger partial charge in [0.2, 0.25) is 0 Å². The predicted molar refractivity (Wildman–Crippen MR) is 41.9 cm³/mol. The van der Waals surface area contributed by atoms with Crippen molar-refractivity contribution < 1.29 is 18.0 Å². The number of carbonyl (C=O) groups is 1. The number of pyridine rings is 1. The van der Waals surface area contributed by atoms with Crippen molar-refractivity contribution in [3.8, 4) is 0 Å². The summed E-state index contributed by atoms with van der Waals surface area (Å²) in [5.74, 6) is -0.251. The Labute approximate surface area is 77.8 Å². The lowest BCUT2D eigenvalue weighted by Crippen LogP contribution is -2.07. The highest BCUT2D eigenvalue weighted by molar-refractivity contribution is 5.99. The maximum atomic E-state index is 12.2. The van der Waals surface area contributed by atoms with Crippen molar-refractivity contribution in [3.63, 3.8) is 0 Å². The highest BCUT2D eigenvalue weighted by Gasteiger charge is 2.33. The number of hydrogen-bond donors (Lipinski definition) is 0. The minimum atomic E-state index is -4.43. The fourth-order valence-electron chi connectivity index (χ4n) is 1.46. The summed E-state index contributed by atoms with van der Waals surface area (Å²) in [5, 5.41) is 0. The van der Waals surface area contributed by atoms with Gasteiger partial charge in [-0.05, 0) is 12.5 Å². The second-order valence-corrected chi connectivity index (χ2v) is 3.14. The van der Waals surface area contributed by atoms with E-state index in [0.717, 1.165) is 12.3 Å². The van der Waals surface area contributed by atoms with Crippen molar-refractivity contribution in [3.05, 3.63) is 29.1 Å². The average molecular weight is 201 g/mol. The van der Waals surface area contributed by atoms with Crippen LogP contribution in [0.25, 0.3) is 0 Å². The van der Waals surface area contributed by atoms with E-state index in [4.69, 9.17) is 0 Å². The van der Waals surface area contributed by atoms with Crippen molar-refractivity contribution in [2.75, 3.05) is 0 Å². The Hall–Kier alpha value is -1.39. The third-order valence-electron chi connectivity index (χ3n) is 2.19. The van der Waals surface area contributed by atoms with Crippen LogP contribution in [0.4, 0.5) is 13.2 Å². The summed E-state index contributed by atoms with van der Waals surface area (Å²) in [7, 11) is 0. The number of ketones is 1. The van der Waals surface area contributed by atoms with Gasteiger partial charge in [0.05, 0.1) is 11.3 Å². The summed E-state index contributed by atoms with van der Waals surface area (Å²) < 4.78 is 36.7. The summed E-state index contributed by atoms with van der Waals surface area (Å²) in [6, 6.07) is 0.887. The second-order valence-electron chi connectivity index (χ2n) is 3.14. The van der Waals surface area contributed by atoms with Crippen molar-refractivity contribution >= 4 is 5.78 Å². The molecule has 0 fully saturated rings. The van der Waals surface area contributed by atoms with Crippen LogP contribution in [-0.2, 0) is 12.6 Å². The maximum Gasteiger partial charge on any atom is 0.417 e. The number of alkyl halides is 3. The first-order valence-electron chi connectivity index (χ1n) is 4.08. The number of rotatable bonds is 0. The molecular formula is C9H6F3NO. The molecule has 0 atom stereocenters. The molecule has 74 valence electrons. The molecule has 0 aliphatic heterocycles. The van der Waals surface area contributed by atoms with Crippen LogP contribution in [0.5, 0.6) is 0 Å². The van der Waals surface area contributed by atoms with Gasteiger partial charge < -0.3 is 0 Å². The molecule has 1 heterocycles. The number of carbonyl (C=O) groups excluding carboxylic acids is 1. The topological polar surface area (TPSA) is 30.0 Å². The molecule has 5 heteroatoms. The van der Waals surface area contributed by atoms with E-state index in [9.17, 15) is 18.0 Å². The van der Waals surface area contributed by atoms with Crippen LogP contribution in [-0.4, -0.2) is 10.8 Å².